The molecule has 22 heavy (non-hydrogen) atoms. The zero-order valence-corrected chi connectivity index (χ0v) is 14.2. The van der Waals surface area contributed by atoms with Crippen LogP contribution in [-0.4, -0.2) is 45.5 Å². The number of nitrogens with one attached hydrogen (secondary N) is 3. The molecule has 7 nitrogen and oxygen atoms in total. The molecule has 0 aliphatic heterocycles. The summed E-state index contributed by atoms with van der Waals surface area (Å²) in [6.07, 6.45) is 1.11. The van der Waals surface area contributed by atoms with Crippen LogP contribution < -0.4 is 16.2 Å². The first kappa shape index (κ1) is 18.3. The summed E-state index contributed by atoms with van der Waals surface area (Å²) < 4.78 is 27.6. The second kappa shape index (κ2) is 8.06. The topological polar surface area (TPSA) is 96.5 Å². The van der Waals surface area contributed by atoms with E-state index in [1.165, 1.54) is 24.3 Å². The standard InChI is InChI=1S/C13H19N3O4S2/c1-9(8-20-2)14-13(21)16-15-12(17)10-4-6-11(7-5-10)22(3,18)19/h4-7,9H,8H2,1-3H3,(H,15,17)(H2,14,16,21)/t9-/m1/s1. The molecule has 0 saturated carbocycles. The molecule has 1 rings (SSSR count). The highest BCUT2D eigenvalue weighted by Crippen LogP contribution is 2.09. The first-order valence-electron chi connectivity index (χ1n) is 6.40. The minimum Gasteiger partial charge on any atom is -0.383 e. The normalized spacial score (nSPS) is 12.3. The van der Waals surface area contributed by atoms with Crippen LogP contribution in [0.5, 0.6) is 0 Å². The number of hydrogen-bond donors (Lipinski definition) is 3. The third kappa shape index (κ3) is 5.96. The Hall–Kier alpha value is -1.71. The molecule has 1 atom stereocenters. The van der Waals surface area contributed by atoms with Gasteiger partial charge in [-0.25, -0.2) is 8.42 Å². The van der Waals surface area contributed by atoms with Gasteiger partial charge in [0.1, 0.15) is 0 Å². The predicted octanol–water partition coefficient (Wildman–Crippen LogP) is 0.234. The molecule has 0 heterocycles. The van der Waals surface area contributed by atoms with Crippen LogP contribution in [0.3, 0.4) is 0 Å². The Bertz CT molecular complexity index is 629. The molecule has 0 radical (unpaired) electrons. The summed E-state index contributed by atoms with van der Waals surface area (Å²) >= 11 is 5.01. The Labute approximate surface area is 135 Å². The molecular weight excluding hydrogens is 326 g/mol. The number of benzene rings is 1. The number of methoxy groups -OCH3 is 1. The number of thiocarbonyl (C=S) groups is 1. The molecule has 1 aromatic rings. The van der Waals surface area contributed by atoms with Gasteiger partial charge in [0, 0.05) is 25.0 Å². The summed E-state index contributed by atoms with van der Waals surface area (Å²) in [5, 5.41) is 3.17. The molecule has 3 N–H and O–H groups in total. The fourth-order valence-electron chi connectivity index (χ4n) is 1.59. The summed E-state index contributed by atoms with van der Waals surface area (Å²) in [5.41, 5.74) is 5.30. The summed E-state index contributed by atoms with van der Waals surface area (Å²) in [5.74, 6) is -0.427. The molecule has 0 aliphatic rings. The highest BCUT2D eigenvalue weighted by atomic mass is 32.2. The van der Waals surface area contributed by atoms with Crippen molar-refractivity contribution in [1.82, 2.24) is 16.2 Å². The highest BCUT2D eigenvalue weighted by molar-refractivity contribution is 7.90. The fourth-order valence-corrected chi connectivity index (χ4v) is 2.47. The lowest BCUT2D eigenvalue weighted by molar-refractivity contribution is 0.0943. The second-order valence-electron chi connectivity index (χ2n) is 4.71. The molecule has 0 bridgehead atoms. The fraction of sp³-hybridized carbons (Fsp3) is 0.385. The zero-order valence-electron chi connectivity index (χ0n) is 12.5. The van der Waals surface area contributed by atoms with E-state index in [9.17, 15) is 13.2 Å². The van der Waals surface area contributed by atoms with Gasteiger partial charge in [-0.3, -0.25) is 15.6 Å². The molecule has 1 amide bonds. The van der Waals surface area contributed by atoms with Crippen LogP contribution in [0.1, 0.15) is 17.3 Å². The average molecular weight is 345 g/mol. The van der Waals surface area contributed by atoms with Crippen LogP contribution in [0.2, 0.25) is 0 Å². The van der Waals surface area contributed by atoms with E-state index in [-0.39, 0.29) is 16.0 Å². The van der Waals surface area contributed by atoms with Gasteiger partial charge in [-0.05, 0) is 43.4 Å². The average Bonchev–Trinajstić information content (AvgIpc) is 2.44. The van der Waals surface area contributed by atoms with Crippen LogP contribution in [0.4, 0.5) is 0 Å². The maximum Gasteiger partial charge on any atom is 0.269 e. The number of carbonyl (C=O) groups is 1. The van der Waals surface area contributed by atoms with Crippen molar-refractivity contribution in [3.63, 3.8) is 0 Å². The van der Waals surface area contributed by atoms with Gasteiger partial charge in [0.15, 0.2) is 14.9 Å². The molecule has 9 heteroatoms. The number of hydrogen-bond acceptors (Lipinski definition) is 5. The molecule has 0 aliphatic carbocycles. The molecule has 0 saturated heterocycles. The van der Waals surface area contributed by atoms with Gasteiger partial charge >= 0.3 is 0 Å². The molecule has 0 aromatic heterocycles. The zero-order chi connectivity index (χ0) is 16.8. The van der Waals surface area contributed by atoms with E-state index in [2.05, 4.69) is 16.2 Å². The van der Waals surface area contributed by atoms with Crippen molar-refractivity contribution >= 4 is 33.1 Å². The first-order valence-corrected chi connectivity index (χ1v) is 8.70. The number of hydrazine groups is 1. The number of carbonyl (C=O) groups excluding carboxylic acids is 1. The van der Waals surface area contributed by atoms with Gasteiger partial charge in [-0.1, -0.05) is 0 Å². The van der Waals surface area contributed by atoms with Gasteiger partial charge in [0.2, 0.25) is 0 Å². The lowest BCUT2D eigenvalue weighted by atomic mass is 10.2. The quantitative estimate of drug-likeness (QED) is 0.519. The van der Waals surface area contributed by atoms with E-state index in [4.69, 9.17) is 17.0 Å². The van der Waals surface area contributed by atoms with Crippen molar-refractivity contribution in [2.24, 2.45) is 0 Å². The third-order valence-corrected chi connectivity index (χ3v) is 3.98. The van der Waals surface area contributed by atoms with E-state index in [0.717, 1.165) is 6.26 Å². The lowest BCUT2D eigenvalue weighted by Crippen LogP contribution is -2.49. The lowest BCUT2D eigenvalue weighted by Gasteiger charge is -2.16. The van der Waals surface area contributed by atoms with Crippen molar-refractivity contribution < 1.29 is 17.9 Å². The van der Waals surface area contributed by atoms with Gasteiger partial charge in [-0.15, -0.1) is 0 Å². The number of sulfone groups is 1. The van der Waals surface area contributed by atoms with E-state index in [1.54, 1.807) is 7.11 Å². The predicted molar refractivity (Wildman–Crippen MR) is 87.2 cm³/mol. The van der Waals surface area contributed by atoms with E-state index in [1.807, 2.05) is 6.92 Å². The van der Waals surface area contributed by atoms with E-state index in [0.29, 0.717) is 12.2 Å². The van der Waals surface area contributed by atoms with Crippen LogP contribution in [0.15, 0.2) is 29.2 Å². The molecule has 0 fully saturated rings. The van der Waals surface area contributed by atoms with Crippen LogP contribution in [0, 0.1) is 0 Å². The maximum atomic E-state index is 11.9. The van der Waals surface area contributed by atoms with Crippen LogP contribution in [0.25, 0.3) is 0 Å². The molecule has 0 unspecified atom stereocenters. The summed E-state index contributed by atoms with van der Waals surface area (Å²) in [7, 11) is -1.70. The van der Waals surface area contributed by atoms with Crippen molar-refractivity contribution in [2.75, 3.05) is 20.0 Å². The van der Waals surface area contributed by atoms with Gasteiger partial charge < -0.3 is 10.1 Å². The molecular formula is C13H19N3O4S2. The Morgan fingerprint density at radius 2 is 1.86 bits per heavy atom. The molecule has 1 aromatic carbocycles. The summed E-state index contributed by atoms with van der Waals surface area (Å²) in [6.45, 7) is 2.35. The Kier molecular flexibility index (Phi) is 6.72. The van der Waals surface area contributed by atoms with Crippen molar-refractivity contribution in [3.05, 3.63) is 29.8 Å². The highest BCUT2D eigenvalue weighted by Gasteiger charge is 2.10. The van der Waals surface area contributed by atoms with Crippen LogP contribution >= 0.6 is 12.2 Å². The monoisotopic (exact) mass is 345 g/mol. The third-order valence-electron chi connectivity index (χ3n) is 2.63. The van der Waals surface area contributed by atoms with Crippen molar-refractivity contribution in [2.45, 2.75) is 17.9 Å². The van der Waals surface area contributed by atoms with Gasteiger partial charge in [-0.2, -0.15) is 0 Å². The number of amides is 1. The van der Waals surface area contributed by atoms with Gasteiger partial charge in [0.05, 0.1) is 11.5 Å². The van der Waals surface area contributed by atoms with E-state index < -0.39 is 15.7 Å². The minimum atomic E-state index is -3.28. The number of rotatable bonds is 5. The Balaban J connectivity index is 2.54. The maximum absolute atomic E-state index is 11.9. The summed E-state index contributed by atoms with van der Waals surface area (Å²) in [6, 6.07) is 5.61. The van der Waals surface area contributed by atoms with E-state index >= 15 is 0 Å². The van der Waals surface area contributed by atoms with Crippen LogP contribution in [-0.2, 0) is 14.6 Å². The smallest absolute Gasteiger partial charge is 0.269 e. The minimum absolute atomic E-state index is 0.00375. The first-order chi connectivity index (χ1) is 10.2. The van der Waals surface area contributed by atoms with Gasteiger partial charge in [0.25, 0.3) is 5.91 Å². The summed E-state index contributed by atoms with van der Waals surface area (Å²) in [4.78, 5) is 12.0. The van der Waals surface area contributed by atoms with Crippen molar-refractivity contribution in [3.8, 4) is 0 Å². The molecule has 122 valence electrons. The largest absolute Gasteiger partial charge is 0.383 e. The molecule has 0 spiro atoms. The Morgan fingerprint density at radius 1 is 1.27 bits per heavy atom. The SMILES string of the molecule is COC[C@@H](C)NC(=S)NNC(=O)c1ccc(S(C)(=O)=O)cc1. The second-order valence-corrected chi connectivity index (χ2v) is 7.13. The number of ether oxygens (including phenoxy) is 1. The Morgan fingerprint density at radius 3 is 2.36 bits per heavy atom. The van der Waals surface area contributed by atoms with Crippen molar-refractivity contribution in [1.29, 1.82) is 0 Å².